The van der Waals surface area contributed by atoms with E-state index in [0.717, 1.165) is 16.6 Å². The first kappa shape index (κ1) is 13.9. The van der Waals surface area contributed by atoms with Gasteiger partial charge in [0.15, 0.2) is 0 Å². The van der Waals surface area contributed by atoms with Gasteiger partial charge in [-0.25, -0.2) is 14.2 Å². The van der Waals surface area contributed by atoms with Crippen LogP contribution in [0.25, 0.3) is 11.0 Å². The lowest BCUT2D eigenvalue weighted by atomic mass is 10.0. The molecule has 0 saturated heterocycles. The lowest BCUT2D eigenvalue weighted by molar-refractivity contribution is 0.0222. The van der Waals surface area contributed by atoms with Crippen molar-refractivity contribution in [1.29, 1.82) is 0 Å². The fourth-order valence-electron chi connectivity index (χ4n) is 2.57. The summed E-state index contributed by atoms with van der Waals surface area (Å²) in [5.74, 6) is -0.348. The van der Waals surface area contributed by atoms with E-state index in [4.69, 9.17) is 4.74 Å². The van der Waals surface area contributed by atoms with Gasteiger partial charge < -0.3 is 14.6 Å². The summed E-state index contributed by atoms with van der Waals surface area (Å²) in [7, 11) is 0. The van der Waals surface area contributed by atoms with Gasteiger partial charge in [0.25, 0.3) is 0 Å². The molecule has 112 valence electrons. The van der Waals surface area contributed by atoms with Crippen LogP contribution in [0.1, 0.15) is 32.0 Å². The number of amides is 1. The lowest BCUT2D eigenvalue weighted by Crippen LogP contribution is -2.39. The van der Waals surface area contributed by atoms with Gasteiger partial charge in [-0.2, -0.15) is 0 Å². The number of halogens is 1. The van der Waals surface area contributed by atoms with E-state index < -0.39 is 5.60 Å². The third kappa shape index (κ3) is 2.70. The second-order valence-electron chi connectivity index (χ2n) is 6.28. The standard InChI is InChI=1S/C15H18FN3O2/c1-15(2,3)21-14(20)19-5-4-10-11-6-9(16)7-17-13(11)18-12(10)8-19/h6-7H,4-5,8H2,1-3H3,(H,17,18). The number of fused-ring (bicyclic) bond motifs is 3. The molecule has 0 aromatic carbocycles. The molecular formula is C15H18FN3O2. The number of pyridine rings is 1. The average molecular weight is 291 g/mol. The van der Waals surface area contributed by atoms with Crippen molar-refractivity contribution in [3.05, 3.63) is 29.3 Å². The molecule has 1 amide bonds. The predicted octanol–water partition coefficient (Wildman–Crippen LogP) is 3.00. The van der Waals surface area contributed by atoms with Crippen molar-refractivity contribution in [3.63, 3.8) is 0 Å². The fraction of sp³-hybridized carbons (Fsp3) is 0.467. The molecule has 3 heterocycles. The Labute approximate surface area is 122 Å². The number of hydrogen-bond donors (Lipinski definition) is 1. The monoisotopic (exact) mass is 291 g/mol. The van der Waals surface area contributed by atoms with Gasteiger partial charge in [-0.1, -0.05) is 0 Å². The molecule has 1 aliphatic heterocycles. The predicted molar refractivity (Wildman–Crippen MR) is 76.4 cm³/mol. The molecule has 0 saturated carbocycles. The van der Waals surface area contributed by atoms with E-state index in [0.29, 0.717) is 25.2 Å². The zero-order valence-electron chi connectivity index (χ0n) is 12.4. The van der Waals surface area contributed by atoms with Crippen molar-refractivity contribution >= 4 is 17.1 Å². The van der Waals surface area contributed by atoms with Crippen LogP contribution >= 0.6 is 0 Å². The van der Waals surface area contributed by atoms with E-state index in [-0.39, 0.29) is 11.9 Å². The SMILES string of the molecule is CC(C)(C)OC(=O)N1CCc2c([nH]c3ncc(F)cc23)C1. The normalized spacial score (nSPS) is 15.1. The van der Waals surface area contributed by atoms with Crippen LogP contribution in [0.5, 0.6) is 0 Å². The molecule has 5 nitrogen and oxygen atoms in total. The summed E-state index contributed by atoms with van der Waals surface area (Å²) in [6.45, 7) is 6.52. The Morgan fingerprint density at radius 3 is 2.95 bits per heavy atom. The smallest absolute Gasteiger partial charge is 0.410 e. The summed E-state index contributed by atoms with van der Waals surface area (Å²) in [5, 5.41) is 0.800. The summed E-state index contributed by atoms with van der Waals surface area (Å²) in [6.07, 6.45) is 1.53. The Morgan fingerprint density at radius 2 is 2.24 bits per heavy atom. The van der Waals surface area contributed by atoms with Crippen LogP contribution in [0.4, 0.5) is 9.18 Å². The highest BCUT2D eigenvalue weighted by Crippen LogP contribution is 2.27. The first-order valence-corrected chi connectivity index (χ1v) is 6.96. The molecule has 0 unspecified atom stereocenters. The van der Waals surface area contributed by atoms with Gasteiger partial charge in [0.05, 0.1) is 12.7 Å². The maximum absolute atomic E-state index is 13.3. The molecule has 0 spiro atoms. The number of nitrogens with zero attached hydrogens (tertiary/aromatic N) is 2. The molecular weight excluding hydrogens is 273 g/mol. The average Bonchev–Trinajstić information content (AvgIpc) is 2.73. The van der Waals surface area contributed by atoms with E-state index in [1.165, 1.54) is 12.3 Å². The molecule has 0 fully saturated rings. The van der Waals surface area contributed by atoms with Crippen LogP contribution in [-0.2, 0) is 17.7 Å². The van der Waals surface area contributed by atoms with Gasteiger partial charge in [-0.15, -0.1) is 0 Å². The maximum atomic E-state index is 13.3. The van der Waals surface area contributed by atoms with Crippen molar-refractivity contribution in [2.75, 3.05) is 6.54 Å². The largest absolute Gasteiger partial charge is 0.444 e. The number of nitrogens with one attached hydrogen (secondary N) is 1. The maximum Gasteiger partial charge on any atom is 0.410 e. The molecule has 0 bridgehead atoms. The van der Waals surface area contributed by atoms with Crippen molar-refractivity contribution in [1.82, 2.24) is 14.9 Å². The van der Waals surface area contributed by atoms with Gasteiger partial charge in [0.1, 0.15) is 17.1 Å². The molecule has 21 heavy (non-hydrogen) atoms. The second kappa shape index (κ2) is 4.72. The highest BCUT2D eigenvalue weighted by molar-refractivity contribution is 5.82. The Kier molecular flexibility index (Phi) is 3.11. The summed E-state index contributed by atoms with van der Waals surface area (Å²) in [6, 6.07) is 1.49. The van der Waals surface area contributed by atoms with Crippen LogP contribution in [0.2, 0.25) is 0 Å². The minimum Gasteiger partial charge on any atom is -0.444 e. The second-order valence-corrected chi connectivity index (χ2v) is 6.28. The van der Waals surface area contributed by atoms with E-state index in [1.807, 2.05) is 20.8 Å². The van der Waals surface area contributed by atoms with E-state index in [1.54, 1.807) is 4.90 Å². The summed E-state index contributed by atoms with van der Waals surface area (Å²) in [4.78, 5) is 21.0. The number of carbonyl (C=O) groups is 1. The minimum atomic E-state index is -0.511. The number of ether oxygens (including phenoxy) is 1. The van der Waals surface area contributed by atoms with Gasteiger partial charge in [0, 0.05) is 17.6 Å². The van der Waals surface area contributed by atoms with Gasteiger partial charge in [-0.05, 0) is 38.8 Å². The first-order chi connectivity index (χ1) is 9.83. The Bertz CT molecular complexity index is 703. The number of carbonyl (C=O) groups excluding carboxylic acids is 1. The summed E-state index contributed by atoms with van der Waals surface area (Å²) >= 11 is 0. The molecule has 3 rings (SSSR count). The third-order valence-electron chi connectivity index (χ3n) is 3.45. The topological polar surface area (TPSA) is 58.2 Å². The lowest BCUT2D eigenvalue weighted by Gasteiger charge is -2.30. The van der Waals surface area contributed by atoms with Gasteiger partial charge in [-0.3, -0.25) is 0 Å². The Morgan fingerprint density at radius 1 is 1.48 bits per heavy atom. The van der Waals surface area contributed by atoms with Crippen LogP contribution < -0.4 is 0 Å². The first-order valence-electron chi connectivity index (χ1n) is 6.96. The Balaban J connectivity index is 1.86. The van der Waals surface area contributed by atoms with Gasteiger partial charge >= 0.3 is 6.09 Å². The van der Waals surface area contributed by atoms with Crippen LogP contribution in [0, 0.1) is 5.82 Å². The van der Waals surface area contributed by atoms with Crippen molar-refractivity contribution in [3.8, 4) is 0 Å². The third-order valence-corrected chi connectivity index (χ3v) is 3.45. The van der Waals surface area contributed by atoms with Crippen molar-refractivity contribution < 1.29 is 13.9 Å². The number of aromatic amines is 1. The highest BCUT2D eigenvalue weighted by Gasteiger charge is 2.27. The summed E-state index contributed by atoms with van der Waals surface area (Å²) < 4.78 is 18.7. The number of rotatable bonds is 0. The zero-order chi connectivity index (χ0) is 15.2. The zero-order valence-corrected chi connectivity index (χ0v) is 12.4. The van der Waals surface area contributed by atoms with Crippen molar-refractivity contribution in [2.24, 2.45) is 0 Å². The molecule has 0 atom stereocenters. The van der Waals surface area contributed by atoms with Crippen molar-refractivity contribution in [2.45, 2.75) is 39.3 Å². The molecule has 0 aliphatic carbocycles. The molecule has 1 aliphatic rings. The van der Waals surface area contributed by atoms with E-state index >= 15 is 0 Å². The highest BCUT2D eigenvalue weighted by atomic mass is 19.1. The quantitative estimate of drug-likeness (QED) is 0.811. The van der Waals surface area contributed by atoms with Crippen LogP contribution in [-0.4, -0.2) is 33.1 Å². The molecule has 1 N–H and O–H groups in total. The molecule has 2 aromatic heterocycles. The number of aromatic nitrogens is 2. The van der Waals surface area contributed by atoms with Crippen LogP contribution in [0.15, 0.2) is 12.3 Å². The molecule has 0 radical (unpaired) electrons. The van der Waals surface area contributed by atoms with Crippen LogP contribution in [0.3, 0.4) is 0 Å². The van der Waals surface area contributed by atoms with E-state index in [9.17, 15) is 9.18 Å². The van der Waals surface area contributed by atoms with E-state index in [2.05, 4.69) is 9.97 Å². The number of H-pyrrole nitrogens is 1. The minimum absolute atomic E-state index is 0.328. The molecule has 6 heteroatoms. The fourth-order valence-corrected chi connectivity index (χ4v) is 2.57. The molecule has 2 aromatic rings. The number of hydrogen-bond acceptors (Lipinski definition) is 3. The van der Waals surface area contributed by atoms with Gasteiger partial charge in [0.2, 0.25) is 0 Å². The Hall–Kier alpha value is -2.11. The summed E-state index contributed by atoms with van der Waals surface area (Å²) in [5.41, 5.74) is 2.09.